The largest absolute Gasteiger partial charge is 0.491 e. The monoisotopic (exact) mass is 431 g/mol. The number of ether oxygens (including phenoxy) is 3. The number of nitrogens with one attached hydrogen (secondary N) is 1. The Hall–Kier alpha value is -2.86. The highest BCUT2D eigenvalue weighted by Gasteiger charge is 2.44. The van der Waals surface area contributed by atoms with Gasteiger partial charge in [-0.05, 0) is 30.7 Å². The van der Waals surface area contributed by atoms with E-state index in [1.807, 2.05) is 0 Å². The minimum absolute atomic E-state index is 0.0174. The van der Waals surface area contributed by atoms with E-state index in [-0.39, 0.29) is 18.5 Å². The molecule has 0 saturated carbocycles. The summed E-state index contributed by atoms with van der Waals surface area (Å²) in [5.41, 5.74) is 0.999. The second kappa shape index (κ2) is 8.35. The number of benzene rings is 1. The number of anilines is 1. The van der Waals surface area contributed by atoms with Crippen LogP contribution in [0.1, 0.15) is 12.6 Å². The Morgan fingerprint density at radius 1 is 1.16 bits per heavy atom. The molecule has 5 atom stereocenters. The van der Waals surface area contributed by atoms with E-state index < -0.39 is 24.5 Å². The predicted molar refractivity (Wildman–Crippen MR) is 106 cm³/mol. The van der Waals surface area contributed by atoms with Gasteiger partial charge in [0.15, 0.2) is 23.2 Å². The quantitative estimate of drug-likeness (QED) is 0.521. The van der Waals surface area contributed by atoms with E-state index in [0.29, 0.717) is 35.9 Å². The molecule has 1 aromatic carbocycles. The number of nitrogens with zero attached hydrogens (tertiary/aromatic N) is 4. The number of aliphatic hydroxyl groups is 2. The third-order valence-corrected chi connectivity index (χ3v) is 5.47. The number of hydrogen-bond acceptors (Lipinski definition) is 9. The van der Waals surface area contributed by atoms with E-state index >= 15 is 0 Å². The van der Waals surface area contributed by atoms with E-state index in [1.54, 1.807) is 4.57 Å². The van der Waals surface area contributed by atoms with Gasteiger partial charge in [0.2, 0.25) is 0 Å². The molecule has 2 fully saturated rings. The third-order valence-electron chi connectivity index (χ3n) is 5.47. The lowest BCUT2D eigenvalue weighted by atomic mass is 10.1. The summed E-state index contributed by atoms with van der Waals surface area (Å²) >= 11 is 0. The zero-order chi connectivity index (χ0) is 21.4. The topological polar surface area (TPSA) is 124 Å². The van der Waals surface area contributed by atoms with Crippen molar-refractivity contribution in [1.82, 2.24) is 19.5 Å². The fourth-order valence-corrected chi connectivity index (χ4v) is 3.79. The van der Waals surface area contributed by atoms with E-state index in [4.69, 9.17) is 14.2 Å². The van der Waals surface area contributed by atoms with Crippen LogP contribution in [0, 0.1) is 5.82 Å². The predicted octanol–water partition coefficient (Wildman–Crippen LogP) is 0.864. The van der Waals surface area contributed by atoms with Gasteiger partial charge in [-0.15, -0.1) is 0 Å². The summed E-state index contributed by atoms with van der Waals surface area (Å²) in [5, 5.41) is 24.4. The molecule has 0 radical (unpaired) electrons. The van der Waals surface area contributed by atoms with Crippen LogP contribution in [0.5, 0.6) is 5.75 Å². The average molecular weight is 431 g/mol. The molecule has 2 aromatic heterocycles. The Bertz CT molecular complexity index is 1040. The first-order valence-electron chi connectivity index (χ1n) is 10.0. The molecule has 3 aromatic rings. The van der Waals surface area contributed by atoms with Crippen LogP contribution in [0.4, 0.5) is 10.2 Å². The van der Waals surface area contributed by atoms with Crippen molar-refractivity contribution >= 4 is 17.0 Å². The van der Waals surface area contributed by atoms with Crippen LogP contribution in [-0.2, 0) is 9.47 Å². The van der Waals surface area contributed by atoms with Crippen LogP contribution in [0.3, 0.4) is 0 Å². The van der Waals surface area contributed by atoms with Crippen LogP contribution < -0.4 is 10.1 Å². The number of aliphatic hydroxyl groups excluding tert-OH is 2. The highest BCUT2D eigenvalue weighted by Crippen LogP contribution is 2.33. The van der Waals surface area contributed by atoms with Gasteiger partial charge in [-0.25, -0.2) is 19.3 Å². The van der Waals surface area contributed by atoms with Crippen molar-refractivity contribution in [2.45, 2.75) is 37.0 Å². The lowest BCUT2D eigenvalue weighted by Gasteiger charge is -2.17. The smallest absolute Gasteiger partial charge is 0.167 e. The van der Waals surface area contributed by atoms with Crippen molar-refractivity contribution < 1.29 is 28.8 Å². The van der Waals surface area contributed by atoms with Crippen LogP contribution in [0.25, 0.3) is 11.2 Å². The van der Waals surface area contributed by atoms with Crippen molar-refractivity contribution in [2.75, 3.05) is 25.1 Å². The second-order valence-electron chi connectivity index (χ2n) is 7.56. The summed E-state index contributed by atoms with van der Waals surface area (Å²) in [6, 6.07) is 5.66. The summed E-state index contributed by atoms with van der Waals surface area (Å²) < 4.78 is 31.4. The van der Waals surface area contributed by atoms with E-state index in [1.165, 1.54) is 36.9 Å². The molecule has 0 aliphatic carbocycles. The van der Waals surface area contributed by atoms with Crippen LogP contribution in [-0.4, -0.2) is 73.9 Å². The maximum Gasteiger partial charge on any atom is 0.167 e. The van der Waals surface area contributed by atoms with Gasteiger partial charge in [0, 0.05) is 6.61 Å². The van der Waals surface area contributed by atoms with Gasteiger partial charge in [0.25, 0.3) is 0 Å². The van der Waals surface area contributed by atoms with Gasteiger partial charge in [-0.1, -0.05) is 0 Å². The molecule has 4 heterocycles. The van der Waals surface area contributed by atoms with E-state index in [2.05, 4.69) is 20.3 Å². The molecular formula is C20H22FN5O5. The summed E-state index contributed by atoms with van der Waals surface area (Å²) in [4.78, 5) is 12.9. The average Bonchev–Trinajstić information content (AvgIpc) is 3.50. The molecule has 5 rings (SSSR count). The Morgan fingerprint density at radius 3 is 2.77 bits per heavy atom. The highest BCUT2D eigenvalue weighted by molar-refractivity contribution is 5.82. The molecule has 2 aliphatic rings. The second-order valence-corrected chi connectivity index (χ2v) is 7.56. The normalized spacial score (nSPS) is 28.3. The first kappa shape index (κ1) is 20.1. The summed E-state index contributed by atoms with van der Waals surface area (Å²) in [6.07, 6.45) is -0.312. The molecule has 11 heteroatoms. The number of fused-ring (bicyclic) bond motifs is 1. The number of halogens is 1. The lowest BCUT2D eigenvalue weighted by Crippen LogP contribution is -2.34. The van der Waals surface area contributed by atoms with Crippen molar-refractivity contribution in [3.63, 3.8) is 0 Å². The molecular weight excluding hydrogens is 409 g/mol. The van der Waals surface area contributed by atoms with Gasteiger partial charge in [0.05, 0.1) is 19.0 Å². The minimum Gasteiger partial charge on any atom is -0.491 e. The SMILES string of the molecule is O[C@@H]1[C@@H](COc2ccc(F)cc2)OC(n2cnc3c(NC4CCOC4)ncnc32)[C@@H]1O. The van der Waals surface area contributed by atoms with Gasteiger partial charge in [-0.2, -0.15) is 0 Å². The summed E-state index contributed by atoms with van der Waals surface area (Å²) in [5.74, 6) is 0.634. The molecule has 3 N–H and O–H groups in total. The number of imidazole rings is 1. The van der Waals surface area contributed by atoms with Crippen molar-refractivity contribution in [2.24, 2.45) is 0 Å². The molecule has 31 heavy (non-hydrogen) atoms. The number of aromatic nitrogens is 4. The number of rotatable bonds is 6. The molecule has 0 amide bonds. The Kier molecular flexibility index (Phi) is 5.40. The first-order chi connectivity index (χ1) is 15.1. The van der Waals surface area contributed by atoms with Gasteiger partial charge in [0.1, 0.15) is 42.8 Å². The molecule has 0 spiro atoms. The van der Waals surface area contributed by atoms with Crippen LogP contribution in [0.2, 0.25) is 0 Å². The summed E-state index contributed by atoms with van der Waals surface area (Å²) in [6.45, 7) is 1.27. The first-order valence-corrected chi connectivity index (χ1v) is 10.0. The maximum atomic E-state index is 13.0. The zero-order valence-electron chi connectivity index (χ0n) is 16.5. The van der Waals surface area contributed by atoms with E-state index in [9.17, 15) is 14.6 Å². The highest BCUT2D eigenvalue weighted by atomic mass is 19.1. The minimum atomic E-state index is -1.21. The molecule has 2 unspecified atom stereocenters. The molecule has 2 saturated heterocycles. The molecule has 2 aliphatic heterocycles. The Labute approximate surface area is 176 Å². The zero-order valence-corrected chi connectivity index (χ0v) is 16.5. The molecule has 164 valence electrons. The number of hydrogen-bond donors (Lipinski definition) is 3. The maximum absolute atomic E-state index is 13.0. The fourth-order valence-electron chi connectivity index (χ4n) is 3.79. The van der Waals surface area contributed by atoms with Crippen molar-refractivity contribution in [1.29, 1.82) is 0 Å². The third kappa shape index (κ3) is 3.92. The van der Waals surface area contributed by atoms with Crippen molar-refractivity contribution in [3.05, 3.63) is 42.7 Å². The van der Waals surface area contributed by atoms with Crippen LogP contribution >= 0.6 is 0 Å². The van der Waals surface area contributed by atoms with Gasteiger partial charge >= 0.3 is 0 Å². The summed E-state index contributed by atoms with van der Waals surface area (Å²) in [7, 11) is 0. The Morgan fingerprint density at radius 2 is 2.00 bits per heavy atom. The van der Waals surface area contributed by atoms with E-state index in [0.717, 1.165) is 6.42 Å². The Balaban J connectivity index is 1.33. The molecule has 10 nitrogen and oxygen atoms in total. The van der Waals surface area contributed by atoms with Crippen LogP contribution in [0.15, 0.2) is 36.9 Å². The fraction of sp³-hybridized carbons (Fsp3) is 0.450. The lowest BCUT2D eigenvalue weighted by molar-refractivity contribution is -0.0474. The van der Waals surface area contributed by atoms with Gasteiger partial charge in [-0.3, -0.25) is 4.57 Å². The van der Waals surface area contributed by atoms with Gasteiger partial charge < -0.3 is 29.7 Å². The standard InChI is InChI=1S/C20H22FN5O5/c21-11-1-3-13(4-2-11)30-8-14-16(27)17(28)20(31-14)26-10-24-15-18(22-9-23-19(15)26)25-12-5-6-29-7-12/h1-4,9-10,12,14,16-17,20,27-28H,5-8H2,(H,22,23,25)/t12?,14-,16-,17-,20?/m1/s1. The molecule has 0 bridgehead atoms. The van der Waals surface area contributed by atoms with Crippen molar-refractivity contribution in [3.8, 4) is 5.75 Å².